The van der Waals surface area contributed by atoms with Crippen molar-refractivity contribution in [3.63, 3.8) is 0 Å². The lowest BCUT2D eigenvalue weighted by atomic mass is 10.2. The van der Waals surface area contributed by atoms with Gasteiger partial charge in [0.2, 0.25) is 0 Å². The minimum absolute atomic E-state index is 0.456. The molecule has 2 N–H and O–H groups in total. The molecule has 2 atom stereocenters. The standard InChI is InChI=1S/C14H21Cl2N3S/c1-3-6-17-13-11(15)8-12(16)14(19-13)18-9-4-5-10(7-9)20-2/h8-10H,3-7H2,1-2H3,(H2,17,18,19). The summed E-state index contributed by atoms with van der Waals surface area (Å²) in [7, 11) is 0. The highest BCUT2D eigenvalue weighted by Crippen LogP contribution is 2.34. The largest absolute Gasteiger partial charge is 0.369 e. The first-order valence-electron chi connectivity index (χ1n) is 7.03. The fourth-order valence-corrected chi connectivity index (χ4v) is 3.69. The van der Waals surface area contributed by atoms with Crippen LogP contribution in [0.4, 0.5) is 11.6 Å². The fraction of sp³-hybridized carbons (Fsp3) is 0.643. The molecule has 0 amide bonds. The Morgan fingerprint density at radius 1 is 1.30 bits per heavy atom. The number of nitrogens with zero attached hydrogens (tertiary/aromatic N) is 1. The molecular formula is C14H21Cl2N3S. The number of hydrogen-bond donors (Lipinski definition) is 2. The molecule has 1 aliphatic rings. The lowest BCUT2D eigenvalue weighted by Gasteiger charge is -2.16. The summed E-state index contributed by atoms with van der Waals surface area (Å²) in [5, 5.41) is 8.60. The molecule has 1 fully saturated rings. The highest BCUT2D eigenvalue weighted by atomic mass is 35.5. The van der Waals surface area contributed by atoms with Crippen LogP contribution in [0.5, 0.6) is 0 Å². The predicted octanol–water partition coefficient (Wildman–Crippen LogP) is 4.91. The molecule has 0 bridgehead atoms. The summed E-state index contributed by atoms with van der Waals surface area (Å²) < 4.78 is 0. The number of hydrogen-bond acceptors (Lipinski definition) is 4. The average molecular weight is 334 g/mol. The summed E-state index contributed by atoms with van der Waals surface area (Å²) in [5.41, 5.74) is 0. The van der Waals surface area contributed by atoms with E-state index in [1.54, 1.807) is 6.07 Å². The summed E-state index contributed by atoms with van der Waals surface area (Å²) in [4.78, 5) is 4.53. The van der Waals surface area contributed by atoms with Gasteiger partial charge in [0.25, 0.3) is 0 Å². The van der Waals surface area contributed by atoms with Crippen molar-refractivity contribution >= 4 is 46.6 Å². The van der Waals surface area contributed by atoms with Crippen molar-refractivity contribution in [3.05, 3.63) is 16.1 Å². The van der Waals surface area contributed by atoms with E-state index in [9.17, 15) is 0 Å². The van der Waals surface area contributed by atoms with Crippen LogP contribution in [0.2, 0.25) is 10.0 Å². The summed E-state index contributed by atoms with van der Waals surface area (Å²) in [5.74, 6) is 1.45. The van der Waals surface area contributed by atoms with Gasteiger partial charge < -0.3 is 10.6 Å². The molecule has 1 aromatic rings. The molecule has 1 aliphatic carbocycles. The van der Waals surface area contributed by atoms with Crippen molar-refractivity contribution in [2.45, 2.75) is 43.9 Å². The van der Waals surface area contributed by atoms with Gasteiger partial charge in [-0.05, 0) is 38.0 Å². The van der Waals surface area contributed by atoms with Gasteiger partial charge in [-0.3, -0.25) is 0 Å². The normalized spacial score (nSPS) is 22.0. The lowest BCUT2D eigenvalue weighted by molar-refractivity contribution is 0.752. The fourth-order valence-electron chi connectivity index (χ4n) is 2.41. The van der Waals surface area contributed by atoms with E-state index < -0.39 is 0 Å². The lowest BCUT2D eigenvalue weighted by Crippen LogP contribution is -2.17. The van der Waals surface area contributed by atoms with Crippen LogP contribution in [0, 0.1) is 0 Å². The average Bonchev–Trinajstić information content (AvgIpc) is 2.88. The molecule has 0 saturated heterocycles. The Morgan fingerprint density at radius 2 is 2.05 bits per heavy atom. The molecule has 2 rings (SSSR count). The maximum Gasteiger partial charge on any atom is 0.147 e. The van der Waals surface area contributed by atoms with E-state index in [0.717, 1.165) is 24.0 Å². The smallest absolute Gasteiger partial charge is 0.147 e. The highest BCUT2D eigenvalue weighted by Gasteiger charge is 2.24. The number of rotatable bonds is 6. The molecule has 0 aromatic carbocycles. The summed E-state index contributed by atoms with van der Waals surface area (Å²) in [6.07, 6.45) is 6.79. The monoisotopic (exact) mass is 333 g/mol. The van der Waals surface area contributed by atoms with Crippen LogP contribution in [0.1, 0.15) is 32.6 Å². The van der Waals surface area contributed by atoms with Crippen LogP contribution in [0.25, 0.3) is 0 Å². The van der Waals surface area contributed by atoms with Crippen LogP contribution >= 0.6 is 35.0 Å². The molecule has 1 saturated carbocycles. The Morgan fingerprint density at radius 3 is 2.70 bits per heavy atom. The van der Waals surface area contributed by atoms with Crippen LogP contribution in [-0.2, 0) is 0 Å². The second kappa shape index (κ2) is 7.62. The Balaban J connectivity index is 2.07. The minimum Gasteiger partial charge on any atom is -0.369 e. The van der Waals surface area contributed by atoms with Crippen molar-refractivity contribution in [3.8, 4) is 0 Å². The Hall–Kier alpha value is -0.320. The van der Waals surface area contributed by atoms with Gasteiger partial charge in [-0.25, -0.2) is 4.98 Å². The summed E-state index contributed by atoms with van der Waals surface area (Å²) >= 11 is 14.3. The molecule has 0 radical (unpaired) electrons. The molecule has 112 valence electrons. The molecule has 0 aliphatic heterocycles. The Kier molecular flexibility index (Phi) is 6.12. The molecule has 2 unspecified atom stereocenters. The van der Waals surface area contributed by atoms with Gasteiger partial charge >= 0.3 is 0 Å². The van der Waals surface area contributed by atoms with E-state index in [1.807, 2.05) is 11.8 Å². The minimum atomic E-state index is 0.456. The van der Waals surface area contributed by atoms with Gasteiger partial charge in [-0.2, -0.15) is 11.8 Å². The van der Waals surface area contributed by atoms with Crippen LogP contribution in [0.15, 0.2) is 6.07 Å². The maximum absolute atomic E-state index is 6.24. The third kappa shape index (κ3) is 4.09. The molecule has 3 nitrogen and oxygen atoms in total. The number of nitrogens with one attached hydrogen (secondary N) is 2. The molecule has 0 spiro atoms. The first-order chi connectivity index (χ1) is 9.63. The van der Waals surface area contributed by atoms with Crippen molar-refractivity contribution in [1.82, 2.24) is 4.98 Å². The van der Waals surface area contributed by atoms with Crippen LogP contribution < -0.4 is 10.6 Å². The topological polar surface area (TPSA) is 37.0 Å². The summed E-state index contributed by atoms with van der Waals surface area (Å²) in [6, 6.07) is 2.22. The predicted molar refractivity (Wildman–Crippen MR) is 91.6 cm³/mol. The van der Waals surface area contributed by atoms with Crippen molar-refractivity contribution in [2.75, 3.05) is 23.4 Å². The van der Waals surface area contributed by atoms with Gasteiger partial charge in [-0.15, -0.1) is 0 Å². The van der Waals surface area contributed by atoms with Crippen LogP contribution in [-0.4, -0.2) is 29.1 Å². The molecule has 20 heavy (non-hydrogen) atoms. The van der Waals surface area contributed by atoms with E-state index in [2.05, 4.69) is 28.8 Å². The molecular weight excluding hydrogens is 313 g/mol. The molecule has 1 aromatic heterocycles. The molecule has 6 heteroatoms. The van der Waals surface area contributed by atoms with Gasteiger partial charge in [0, 0.05) is 17.8 Å². The van der Waals surface area contributed by atoms with Crippen molar-refractivity contribution in [2.24, 2.45) is 0 Å². The van der Waals surface area contributed by atoms with Crippen molar-refractivity contribution in [1.29, 1.82) is 0 Å². The van der Waals surface area contributed by atoms with Crippen molar-refractivity contribution < 1.29 is 0 Å². The van der Waals surface area contributed by atoms with Gasteiger partial charge in [0.05, 0.1) is 10.0 Å². The Labute approximate surface area is 135 Å². The number of thioether (sulfide) groups is 1. The Bertz CT molecular complexity index is 456. The number of pyridine rings is 1. The third-order valence-corrected chi connectivity index (χ3v) is 5.20. The summed E-state index contributed by atoms with van der Waals surface area (Å²) in [6.45, 7) is 2.96. The first-order valence-corrected chi connectivity index (χ1v) is 9.07. The van der Waals surface area contributed by atoms with E-state index in [-0.39, 0.29) is 0 Å². The molecule has 1 heterocycles. The first kappa shape index (κ1) is 16.1. The van der Waals surface area contributed by atoms with E-state index >= 15 is 0 Å². The number of aromatic nitrogens is 1. The van der Waals surface area contributed by atoms with Gasteiger partial charge in [0.1, 0.15) is 11.6 Å². The van der Waals surface area contributed by atoms with Gasteiger partial charge in [-0.1, -0.05) is 30.1 Å². The highest BCUT2D eigenvalue weighted by molar-refractivity contribution is 7.99. The van der Waals surface area contributed by atoms with E-state index in [0.29, 0.717) is 21.9 Å². The number of halogens is 2. The third-order valence-electron chi connectivity index (χ3n) is 3.53. The second-order valence-corrected chi connectivity index (χ2v) is 7.04. The second-order valence-electron chi connectivity index (χ2n) is 5.09. The zero-order valence-electron chi connectivity index (χ0n) is 11.9. The maximum atomic E-state index is 6.24. The van der Waals surface area contributed by atoms with Crippen LogP contribution in [0.3, 0.4) is 0 Å². The SMILES string of the molecule is CCCNc1nc(NC2CCC(SC)C2)c(Cl)cc1Cl. The van der Waals surface area contributed by atoms with E-state index in [1.165, 1.54) is 19.3 Å². The van der Waals surface area contributed by atoms with Gasteiger partial charge in [0.15, 0.2) is 0 Å². The van der Waals surface area contributed by atoms with E-state index in [4.69, 9.17) is 23.2 Å². The zero-order chi connectivity index (χ0) is 14.5. The zero-order valence-corrected chi connectivity index (χ0v) is 14.2. The number of anilines is 2. The quantitative estimate of drug-likeness (QED) is 0.775.